The average molecular weight is 396 g/mol. The number of hydrogen-bond donors (Lipinski definition) is 0. The zero-order valence-electron chi connectivity index (χ0n) is 15.8. The van der Waals surface area contributed by atoms with Crippen molar-refractivity contribution in [2.75, 3.05) is 0 Å². The maximum absolute atomic E-state index is 12.6. The third-order valence-corrected chi connectivity index (χ3v) is 3.75. The van der Waals surface area contributed by atoms with Gasteiger partial charge in [-0.1, -0.05) is 12.1 Å². The van der Waals surface area contributed by atoms with Crippen molar-refractivity contribution in [2.24, 2.45) is 0 Å². The molecular weight excluding hydrogens is 380 g/mol. The lowest BCUT2D eigenvalue weighted by Gasteiger charge is -2.11. The molecule has 0 atom stereocenters. The fourth-order valence-electron chi connectivity index (χ4n) is 2.69. The standard InChI is InChI=1S/C21H16O8/c1-11(22)26-16-7-4-14(5-8-16)17-10-15-6-9-18(27-12(2)23)20(28-13(3)24)19(15)29-21(17)25/h4-10H,1-3H3. The third kappa shape index (κ3) is 4.49. The van der Waals surface area contributed by atoms with Gasteiger partial charge in [0.25, 0.3) is 0 Å². The highest BCUT2D eigenvalue weighted by Gasteiger charge is 2.19. The molecule has 8 nitrogen and oxygen atoms in total. The van der Waals surface area contributed by atoms with Gasteiger partial charge < -0.3 is 18.6 Å². The number of carbonyl (C=O) groups excluding carboxylic acids is 3. The summed E-state index contributed by atoms with van der Waals surface area (Å²) >= 11 is 0. The first-order valence-electron chi connectivity index (χ1n) is 8.51. The molecule has 3 aromatic rings. The van der Waals surface area contributed by atoms with Gasteiger partial charge in [-0.05, 0) is 35.9 Å². The Morgan fingerprint density at radius 3 is 2.00 bits per heavy atom. The Balaban J connectivity index is 2.11. The van der Waals surface area contributed by atoms with Crippen molar-refractivity contribution in [1.29, 1.82) is 0 Å². The highest BCUT2D eigenvalue weighted by Crippen LogP contribution is 2.36. The van der Waals surface area contributed by atoms with E-state index in [4.69, 9.17) is 18.6 Å². The summed E-state index contributed by atoms with van der Waals surface area (Å²) in [5, 5.41) is 0.454. The third-order valence-electron chi connectivity index (χ3n) is 3.75. The molecule has 29 heavy (non-hydrogen) atoms. The van der Waals surface area contributed by atoms with Gasteiger partial charge in [-0.25, -0.2) is 4.79 Å². The van der Waals surface area contributed by atoms with Gasteiger partial charge >= 0.3 is 23.5 Å². The molecule has 0 aliphatic carbocycles. The maximum atomic E-state index is 12.6. The number of hydrogen-bond acceptors (Lipinski definition) is 8. The molecule has 0 radical (unpaired) electrons. The van der Waals surface area contributed by atoms with Gasteiger partial charge in [0.15, 0.2) is 11.3 Å². The molecule has 0 amide bonds. The fraction of sp³-hybridized carbons (Fsp3) is 0.143. The second-order valence-electron chi connectivity index (χ2n) is 6.06. The summed E-state index contributed by atoms with van der Waals surface area (Å²) in [6.45, 7) is 3.66. The van der Waals surface area contributed by atoms with Crippen LogP contribution >= 0.6 is 0 Å². The number of fused-ring (bicyclic) bond motifs is 1. The quantitative estimate of drug-likeness (QED) is 0.376. The summed E-state index contributed by atoms with van der Waals surface area (Å²) in [5.41, 5.74) is 0.0749. The Kier molecular flexibility index (Phi) is 5.45. The monoisotopic (exact) mass is 396 g/mol. The first-order valence-corrected chi connectivity index (χ1v) is 8.51. The summed E-state index contributed by atoms with van der Waals surface area (Å²) in [5.74, 6) is -1.59. The molecule has 0 saturated heterocycles. The Labute approximate surface area is 164 Å². The summed E-state index contributed by atoms with van der Waals surface area (Å²) < 4.78 is 20.5. The van der Waals surface area contributed by atoms with Crippen molar-refractivity contribution in [1.82, 2.24) is 0 Å². The summed E-state index contributed by atoms with van der Waals surface area (Å²) in [6, 6.07) is 10.9. The van der Waals surface area contributed by atoms with Crippen LogP contribution in [0.15, 0.2) is 51.7 Å². The molecule has 148 valence electrons. The van der Waals surface area contributed by atoms with Crippen molar-refractivity contribution < 1.29 is 33.0 Å². The minimum absolute atomic E-state index is 0.0239. The van der Waals surface area contributed by atoms with Crippen LogP contribution in [0, 0.1) is 0 Å². The summed E-state index contributed by atoms with van der Waals surface area (Å²) in [7, 11) is 0. The lowest BCUT2D eigenvalue weighted by Crippen LogP contribution is -2.09. The van der Waals surface area contributed by atoms with Crippen LogP contribution in [-0.4, -0.2) is 17.9 Å². The second kappa shape index (κ2) is 7.97. The molecule has 1 heterocycles. The van der Waals surface area contributed by atoms with Gasteiger partial charge in [0, 0.05) is 26.2 Å². The van der Waals surface area contributed by atoms with Gasteiger partial charge in [0.2, 0.25) is 5.75 Å². The first-order chi connectivity index (χ1) is 13.7. The number of benzene rings is 2. The lowest BCUT2D eigenvalue weighted by atomic mass is 10.1. The molecule has 0 saturated carbocycles. The molecule has 8 heteroatoms. The van der Waals surface area contributed by atoms with Crippen molar-refractivity contribution in [3.8, 4) is 28.4 Å². The van der Waals surface area contributed by atoms with E-state index in [1.807, 2.05) is 0 Å². The molecule has 0 aliphatic heterocycles. The Morgan fingerprint density at radius 1 is 0.793 bits per heavy atom. The molecule has 0 bridgehead atoms. The smallest absolute Gasteiger partial charge is 0.344 e. The van der Waals surface area contributed by atoms with Crippen molar-refractivity contribution in [3.05, 3.63) is 52.9 Å². The molecule has 0 N–H and O–H groups in total. The van der Waals surface area contributed by atoms with Crippen LogP contribution in [0.4, 0.5) is 0 Å². The van der Waals surface area contributed by atoms with E-state index in [1.54, 1.807) is 36.4 Å². The van der Waals surface area contributed by atoms with Crippen molar-refractivity contribution >= 4 is 28.9 Å². The Bertz CT molecular complexity index is 1170. The Morgan fingerprint density at radius 2 is 1.41 bits per heavy atom. The van der Waals surface area contributed by atoms with E-state index in [1.165, 1.54) is 26.8 Å². The van der Waals surface area contributed by atoms with E-state index < -0.39 is 23.5 Å². The van der Waals surface area contributed by atoms with Crippen LogP contribution in [-0.2, 0) is 14.4 Å². The summed E-state index contributed by atoms with van der Waals surface area (Å²) in [6.07, 6.45) is 0. The minimum Gasteiger partial charge on any atom is -0.427 e. The van der Waals surface area contributed by atoms with Gasteiger partial charge in [0.1, 0.15) is 5.75 Å². The molecule has 0 aliphatic rings. The fourth-order valence-corrected chi connectivity index (χ4v) is 2.69. The second-order valence-corrected chi connectivity index (χ2v) is 6.06. The van der Waals surface area contributed by atoms with Gasteiger partial charge in [-0.3, -0.25) is 14.4 Å². The maximum Gasteiger partial charge on any atom is 0.344 e. The molecule has 0 spiro atoms. The van der Waals surface area contributed by atoms with E-state index in [2.05, 4.69) is 0 Å². The number of carbonyl (C=O) groups is 3. The first kappa shape index (κ1) is 19.8. The van der Waals surface area contributed by atoms with Crippen LogP contribution < -0.4 is 19.8 Å². The van der Waals surface area contributed by atoms with Crippen molar-refractivity contribution in [2.45, 2.75) is 20.8 Å². The normalized spacial score (nSPS) is 10.4. The molecule has 0 unspecified atom stereocenters. The summed E-state index contributed by atoms with van der Waals surface area (Å²) in [4.78, 5) is 46.3. The highest BCUT2D eigenvalue weighted by atomic mass is 16.6. The van der Waals surface area contributed by atoms with Crippen LogP contribution in [0.2, 0.25) is 0 Å². The average Bonchev–Trinajstić information content (AvgIpc) is 2.63. The van der Waals surface area contributed by atoms with Crippen LogP contribution in [0.25, 0.3) is 22.1 Å². The SMILES string of the molecule is CC(=O)Oc1ccc(-c2cc3ccc(OC(C)=O)c(OC(C)=O)c3oc2=O)cc1. The molecule has 3 rings (SSSR count). The predicted octanol–water partition coefficient (Wildman–Crippen LogP) is 3.24. The zero-order valence-corrected chi connectivity index (χ0v) is 15.8. The van der Waals surface area contributed by atoms with E-state index in [9.17, 15) is 19.2 Å². The largest absolute Gasteiger partial charge is 0.427 e. The van der Waals surface area contributed by atoms with Gasteiger partial charge in [0.05, 0.1) is 5.56 Å². The van der Waals surface area contributed by atoms with E-state index >= 15 is 0 Å². The lowest BCUT2D eigenvalue weighted by molar-refractivity contribution is -0.134. The zero-order chi connectivity index (χ0) is 21.1. The van der Waals surface area contributed by atoms with Crippen LogP contribution in [0.3, 0.4) is 0 Å². The number of ether oxygens (including phenoxy) is 3. The molecular formula is C21H16O8. The molecule has 0 fully saturated rings. The molecule has 1 aromatic heterocycles. The minimum atomic E-state index is -0.689. The van der Waals surface area contributed by atoms with Gasteiger partial charge in [-0.2, -0.15) is 0 Å². The number of rotatable bonds is 4. The highest BCUT2D eigenvalue weighted by molar-refractivity contribution is 5.91. The van der Waals surface area contributed by atoms with Gasteiger partial charge in [-0.15, -0.1) is 0 Å². The van der Waals surface area contributed by atoms with E-state index in [-0.39, 0.29) is 22.6 Å². The molecule has 2 aromatic carbocycles. The topological polar surface area (TPSA) is 109 Å². The van der Waals surface area contributed by atoms with Crippen LogP contribution in [0.5, 0.6) is 17.2 Å². The Hall–Kier alpha value is -3.94. The number of esters is 3. The van der Waals surface area contributed by atoms with E-state index in [0.29, 0.717) is 16.7 Å². The van der Waals surface area contributed by atoms with E-state index in [0.717, 1.165) is 0 Å². The van der Waals surface area contributed by atoms with Crippen LogP contribution in [0.1, 0.15) is 20.8 Å². The predicted molar refractivity (Wildman–Crippen MR) is 102 cm³/mol. The van der Waals surface area contributed by atoms with Crippen molar-refractivity contribution in [3.63, 3.8) is 0 Å².